The van der Waals surface area contributed by atoms with Crippen LogP contribution < -0.4 is 4.74 Å². The monoisotopic (exact) mass is 463 g/mol. The van der Waals surface area contributed by atoms with E-state index < -0.39 is 0 Å². The molecular formula is C28H34FN3O2. The highest BCUT2D eigenvalue weighted by atomic mass is 19.1. The van der Waals surface area contributed by atoms with Crippen LogP contribution in [0.25, 0.3) is 0 Å². The maximum atomic E-state index is 14.1. The van der Waals surface area contributed by atoms with Crippen LogP contribution in [-0.2, 0) is 13.6 Å². The Morgan fingerprint density at radius 2 is 1.88 bits per heavy atom. The second-order valence-corrected chi connectivity index (χ2v) is 9.51. The Labute approximate surface area is 201 Å². The smallest absolute Gasteiger partial charge is 0.254 e. The van der Waals surface area contributed by atoms with Gasteiger partial charge in [-0.25, -0.2) is 4.39 Å². The van der Waals surface area contributed by atoms with Gasteiger partial charge >= 0.3 is 0 Å². The quantitative estimate of drug-likeness (QED) is 0.475. The average molecular weight is 464 g/mol. The molecule has 0 aliphatic carbocycles. The van der Waals surface area contributed by atoms with Crippen molar-refractivity contribution >= 4 is 5.91 Å². The Morgan fingerprint density at radius 3 is 2.50 bits per heavy atom. The Balaban J connectivity index is 1.57. The predicted molar refractivity (Wildman–Crippen MR) is 132 cm³/mol. The molecule has 2 heterocycles. The van der Waals surface area contributed by atoms with Gasteiger partial charge in [0.15, 0.2) is 0 Å². The first-order valence-electron chi connectivity index (χ1n) is 11.9. The Hall–Kier alpha value is -3.12. The van der Waals surface area contributed by atoms with E-state index in [2.05, 4.69) is 48.7 Å². The van der Waals surface area contributed by atoms with Gasteiger partial charge in [-0.15, -0.1) is 0 Å². The van der Waals surface area contributed by atoms with E-state index in [1.54, 1.807) is 19.2 Å². The lowest BCUT2D eigenvalue weighted by atomic mass is 9.88. The molecule has 2 aromatic carbocycles. The lowest BCUT2D eigenvalue weighted by molar-refractivity contribution is 0.0668. The van der Waals surface area contributed by atoms with E-state index in [-0.39, 0.29) is 29.6 Å². The fourth-order valence-corrected chi connectivity index (χ4v) is 4.96. The van der Waals surface area contributed by atoms with Crippen molar-refractivity contribution < 1.29 is 13.9 Å². The van der Waals surface area contributed by atoms with Gasteiger partial charge in [-0.05, 0) is 73.9 Å². The number of ether oxygens (including phenoxy) is 1. The average Bonchev–Trinajstić information content (AvgIpc) is 3.42. The lowest BCUT2D eigenvalue weighted by Crippen LogP contribution is -2.42. The van der Waals surface area contributed by atoms with Gasteiger partial charge < -0.3 is 14.2 Å². The van der Waals surface area contributed by atoms with Gasteiger partial charge in [0.2, 0.25) is 0 Å². The standard InChI is InChI=1S/C28H34FN3O2/c1-20(2)32(28(33)21-10-12-26(34-4)13-11-21)17-23-16-31(18-25-9-6-14-30(25)3)19-27(23)22-7-5-8-24(29)15-22/h5-15,20,23,27H,16-19H2,1-4H3. The molecule has 5 nitrogen and oxygen atoms in total. The van der Waals surface area contributed by atoms with Gasteiger partial charge in [0.05, 0.1) is 7.11 Å². The van der Waals surface area contributed by atoms with Crippen LogP contribution in [0.5, 0.6) is 5.75 Å². The van der Waals surface area contributed by atoms with E-state index in [0.29, 0.717) is 12.1 Å². The van der Waals surface area contributed by atoms with E-state index in [1.807, 2.05) is 35.2 Å². The molecule has 3 aromatic rings. The van der Waals surface area contributed by atoms with Gasteiger partial charge in [-0.1, -0.05) is 12.1 Å². The summed E-state index contributed by atoms with van der Waals surface area (Å²) in [4.78, 5) is 17.8. The van der Waals surface area contributed by atoms with Crippen LogP contribution >= 0.6 is 0 Å². The third-order valence-corrected chi connectivity index (χ3v) is 6.88. The molecule has 0 bridgehead atoms. The Bertz CT molecular complexity index is 1110. The van der Waals surface area contributed by atoms with E-state index in [0.717, 1.165) is 30.9 Å². The number of aromatic nitrogens is 1. The summed E-state index contributed by atoms with van der Waals surface area (Å²) in [6.07, 6.45) is 2.06. The minimum atomic E-state index is -0.216. The van der Waals surface area contributed by atoms with E-state index >= 15 is 0 Å². The van der Waals surface area contributed by atoms with Crippen molar-refractivity contribution in [2.24, 2.45) is 13.0 Å². The summed E-state index contributed by atoms with van der Waals surface area (Å²) in [5.41, 5.74) is 2.89. The summed E-state index contributed by atoms with van der Waals surface area (Å²) in [5, 5.41) is 0. The fourth-order valence-electron chi connectivity index (χ4n) is 4.96. The van der Waals surface area contributed by atoms with Gasteiger partial charge in [0, 0.05) is 62.6 Å². The maximum absolute atomic E-state index is 14.1. The van der Waals surface area contributed by atoms with Crippen LogP contribution in [0, 0.1) is 11.7 Å². The first-order chi connectivity index (χ1) is 16.4. The third-order valence-electron chi connectivity index (χ3n) is 6.88. The lowest BCUT2D eigenvalue weighted by Gasteiger charge is -2.32. The predicted octanol–water partition coefficient (Wildman–Crippen LogP) is 4.94. The number of carbonyl (C=O) groups is 1. The molecule has 1 fully saturated rings. The van der Waals surface area contributed by atoms with Crippen molar-refractivity contribution in [1.29, 1.82) is 0 Å². The summed E-state index contributed by atoms with van der Waals surface area (Å²) < 4.78 is 21.5. The molecule has 0 N–H and O–H groups in total. The van der Waals surface area contributed by atoms with Crippen molar-refractivity contribution in [3.05, 3.63) is 89.5 Å². The number of carbonyl (C=O) groups excluding carboxylic acids is 1. The molecule has 1 aromatic heterocycles. The van der Waals surface area contributed by atoms with Crippen LogP contribution in [0.2, 0.25) is 0 Å². The summed E-state index contributed by atoms with van der Waals surface area (Å²) in [7, 11) is 3.67. The second-order valence-electron chi connectivity index (χ2n) is 9.51. The third kappa shape index (κ3) is 5.33. The second kappa shape index (κ2) is 10.4. The van der Waals surface area contributed by atoms with Crippen LogP contribution in [-0.4, -0.2) is 53.1 Å². The number of benzene rings is 2. The highest BCUT2D eigenvalue weighted by Crippen LogP contribution is 2.35. The van der Waals surface area contributed by atoms with Crippen LogP contribution in [0.4, 0.5) is 4.39 Å². The molecule has 4 rings (SSSR count). The molecular weight excluding hydrogens is 429 g/mol. The van der Waals surface area contributed by atoms with Gasteiger partial charge in [0.1, 0.15) is 11.6 Å². The number of hydrogen-bond acceptors (Lipinski definition) is 3. The number of likely N-dealkylation sites (tertiary alicyclic amines) is 1. The minimum absolute atomic E-state index is 0.0107. The number of amides is 1. The minimum Gasteiger partial charge on any atom is -0.497 e. The Morgan fingerprint density at radius 1 is 1.12 bits per heavy atom. The number of halogens is 1. The summed E-state index contributed by atoms with van der Waals surface area (Å²) in [5.74, 6) is 0.877. The zero-order chi connectivity index (χ0) is 24.2. The molecule has 1 amide bonds. The number of nitrogens with zero attached hydrogens (tertiary/aromatic N) is 3. The van der Waals surface area contributed by atoms with Crippen molar-refractivity contribution in [2.75, 3.05) is 26.7 Å². The SMILES string of the molecule is COc1ccc(C(=O)N(CC2CN(Cc3cccn3C)CC2c2cccc(F)c2)C(C)C)cc1. The van der Waals surface area contributed by atoms with Crippen LogP contribution in [0.15, 0.2) is 66.9 Å². The van der Waals surface area contributed by atoms with E-state index in [9.17, 15) is 9.18 Å². The van der Waals surface area contributed by atoms with Gasteiger partial charge in [-0.2, -0.15) is 0 Å². The highest BCUT2D eigenvalue weighted by molar-refractivity contribution is 5.94. The molecule has 1 saturated heterocycles. The zero-order valence-corrected chi connectivity index (χ0v) is 20.4. The van der Waals surface area contributed by atoms with E-state index in [1.165, 1.54) is 11.8 Å². The summed E-state index contributed by atoms with van der Waals surface area (Å²) >= 11 is 0. The largest absolute Gasteiger partial charge is 0.497 e. The molecule has 1 aliphatic heterocycles. The maximum Gasteiger partial charge on any atom is 0.254 e. The number of methoxy groups -OCH3 is 1. The molecule has 0 saturated carbocycles. The highest BCUT2D eigenvalue weighted by Gasteiger charge is 2.36. The van der Waals surface area contributed by atoms with Gasteiger partial charge in [0.25, 0.3) is 5.91 Å². The Kier molecular flexibility index (Phi) is 7.37. The van der Waals surface area contributed by atoms with Crippen molar-refractivity contribution in [3.8, 4) is 5.75 Å². The fraction of sp³-hybridized carbons (Fsp3) is 0.393. The van der Waals surface area contributed by atoms with Crippen LogP contribution in [0.3, 0.4) is 0 Å². The molecule has 0 radical (unpaired) electrons. The normalized spacial score (nSPS) is 18.4. The first-order valence-corrected chi connectivity index (χ1v) is 11.9. The van der Waals surface area contributed by atoms with Gasteiger partial charge in [-0.3, -0.25) is 9.69 Å². The topological polar surface area (TPSA) is 37.7 Å². The van der Waals surface area contributed by atoms with Crippen molar-refractivity contribution in [2.45, 2.75) is 32.4 Å². The molecule has 2 atom stereocenters. The van der Waals surface area contributed by atoms with Crippen molar-refractivity contribution in [3.63, 3.8) is 0 Å². The molecule has 0 spiro atoms. The summed E-state index contributed by atoms with van der Waals surface area (Å²) in [6, 6.07) is 18.4. The first kappa shape index (κ1) is 24.0. The molecule has 34 heavy (non-hydrogen) atoms. The van der Waals surface area contributed by atoms with Crippen LogP contribution in [0.1, 0.15) is 41.4 Å². The molecule has 1 aliphatic rings. The summed E-state index contributed by atoms with van der Waals surface area (Å²) in [6.45, 7) is 7.24. The number of hydrogen-bond donors (Lipinski definition) is 0. The molecule has 2 unspecified atom stereocenters. The van der Waals surface area contributed by atoms with Crippen molar-refractivity contribution in [1.82, 2.24) is 14.4 Å². The molecule has 180 valence electrons. The zero-order valence-electron chi connectivity index (χ0n) is 20.4. The number of rotatable bonds is 8. The molecule has 6 heteroatoms. The number of aryl methyl sites for hydroxylation is 1. The van der Waals surface area contributed by atoms with E-state index in [4.69, 9.17) is 4.74 Å².